The van der Waals surface area contributed by atoms with Crippen LogP contribution in [0.5, 0.6) is 0 Å². The summed E-state index contributed by atoms with van der Waals surface area (Å²) in [7, 11) is 0. The zero-order chi connectivity index (χ0) is 12.2. The first-order valence-electron chi connectivity index (χ1n) is 5.80. The number of hydrogen-bond acceptors (Lipinski definition) is 0. The third-order valence-electron chi connectivity index (χ3n) is 3.15. The third kappa shape index (κ3) is 3.48. The van der Waals surface area contributed by atoms with E-state index in [0.29, 0.717) is 0 Å². The van der Waals surface area contributed by atoms with Crippen molar-refractivity contribution < 1.29 is 0 Å². The molecule has 0 spiro atoms. The highest BCUT2D eigenvalue weighted by atomic mass is 79.9. The minimum absolute atomic E-state index is 0.184. The van der Waals surface area contributed by atoms with Gasteiger partial charge in [-0.15, -0.1) is 0 Å². The van der Waals surface area contributed by atoms with Crippen LogP contribution in [0.2, 0.25) is 0 Å². The highest BCUT2D eigenvalue weighted by Crippen LogP contribution is 2.37. The van der Waals surface area contributed by atoms with E-state index in [1.54, 1.807) is 0 Å². The summed E-state index contributed by atoms with van der Waals surface area (Å²) in [5.41, 5.74) is 4.00. The van der Waals surface area contributed by atoms with Crippen LogP contribution in [0.1, 0.15) is 37.8 Å². The molecule has 0 atom stereocenters. The highest BCUT2D eigenvalue weighted by molar-refractivity contribution is 9.09. The Labute approximate surface area is 108 Å². The number of halogens is 1. The Bertz CT molecular complexity index is 346. The molecule has 88 valence electrons. The zero-order valence-corrected chi connectivity index (χ0v) is 12.1. The topological polar surface area (TPSA) is 0 Å². The molecular formula is C15H21Br. The second kappa shape index (κ2) is 5.67. The van der Waals surface area contributed by atoms with E-state index < -0.39 is 0 Å². The fraction of sp³-hybridized carbons (Fsp3) is 0.467. The molecule has 1 heteroatoms. The van der Waals surface area contributed by atoms with Gasteiger partial charge in [0.1, 0.15) is 0 Å². The molecule has 0 aliphatic heterocycles. The van der Waals surface area contributed by atoms with E-state index in [1.165, 1.54) is 29.5 Å². The predicted molar refractivity (Wildman–Crippen MR) is 77.0 cm³/mol. The van der Waals surface area contributed by atoms with Gasteiger partial charge < -0.3 is 0 Å². The van der Waals surface area contributed by atoms with Crippen molar-refractivity contribution in [2.75, 3.05) is 5.33 Å². The van der Waals surface area contributed by atoms with Gasteiger partial charge in [-0.3, -0.25) is 0 Å². The summed E-state index contributed by atoms with van der Waals surface area (Å²) in [5.74, 6) is 0. The Kier molecular flexibility index (Phi) is 4.79. The average molecular weight is 281 g/mol. The summed E-state index contributed by atoms with van der Waals surface area (Å²) < 4.78 is 0. The van der Waals surface area contributed by atoms with E-state index in [-0.39, 0.29) is 5.41 Å². The maximum atomic E-state index is 4.26. The van der Waals surface area contributed by atoms with Gasteiger partial charge >= 0.3 is 0 Å². The van der Waals surface area contributed by atoms with Crippen molar-refractivity contribution >= 4 is 21.5 Å². The molecule has 1 aromatic rings. The SMILES string of the molecule is C=C(c1ccc(C)cc1)C(C)(C)CCCBr. The number of benzene rings is 1. The molecule has 0 fully saturated rings. The first kappa shape index (κ1) is 13.5. The van der Waals surface area contributed by atoms with Gasteiger partial charge in [-0.1, -0.05) is 66.2 Å². The minimum atomic E-state index is 0.184. The molecule has 0 bridgehead atoms. The van der Waals surface area contributed by atoms with E-state index >= 15 is 0 Å². The van der Waals surface area contributed by atoms with Crippen molar-refractivity contribution in [1.29, 1.82) is 0 Å². The first-order chi connectivity index (χ1) is 7.47. The third-order valence-corrected chi connectivity index (χ3v) is 3.71. The summed E-state index contributed by atoms with van der Waals surface area (Å²) in [6.07, 6.45) is 2.36. The molecule has 0 saturated heterocycles. The van der Waals surface area contributed by atoms with Crippen LogP contribution >= 0.6 is 15.9 Å². The summed E-state index contributed by atoms with van der Waals surface area (Å²) >= 11 is 3.49. The maximum Gasteiger partial charge on any atom is 0.00316 e. The van der Waals surface area contributed by atoms with Gasteiger partial charge in [-0.25, -0.2) is 0 Å². The molecule has 0 N–H and O–H groups in total. The number of hydrogen-bond donors (Lipinski definition) is 0. The Morgan fingerprint density at radius 2 is 1.81 bits per heavy atom. The van der Waals surface area contributed by atoms with Gasteiger partial charge in [0.25, 0.3) is 0 Å². The molecule has 0 nitrogen and oxygen atoms in total. The van der Waals surface area contributed by atoms with E-state index in [0.717, 1.165) is 5.33 Å². The van der Waals surface area contributed by atoms with Crippen LogP contribution in [0.25, 0.3) is 5.57 Å². The Hall–Kier alpha value is -0.560. The molecule has 0 radical (unpaired) electrons. The lowest BCUT2D eigenvalue weighted by atomic mass is 9.78. The van der Waals surface area contributed by atoms with E-state index in [4.69, 9.17) is 0 Å². The van der Waals surface area contributed by atoms with Crippen molar-refractivity contribution in [2.24, 2.45) is 5.41 Å². The highest BCUT2D eigenvalue weighted by Gasteiger charge is 2.21. The van der Waals surface area contributed by atoms with Gasteiger partial charge in [0, 0.05) is 5.33 Å². The summed E-state index contributed by atoms with van der Waals surface area (Å²) in [4.78, 5) is 0. The first-order valence-corrected chi connectivity index (χ1v) is 6.92. The second-order valence-corrected chi connectivity index (χ2v) is 5.81. The number of rotatable bonds is 5. The molecule has 1 rings (SSSR count). The van der Waals surface area contributed by atoms with Crippen molar-refractivity contribution in [1.82, 2.24) is 0 Å². The molecule has 1 aromatic carbocycles. The van der Waals surface area contributed by atoms with Gasteiger partial charge in [0.15, 0.2) is 0 Å². The lowest BCUT2D eigenvalue weighted by Gasteiger charge is -2.27. The van der Waals surface area contributed by atoms with Crippen LogP contribution in [-0.2, 0) is 0 Å². The Morgan fingerprint density at radius 1 is 1.25 bits per heavy atom. The van der Waals surface area contributed by atoms with Crippen molar-refractivity contribution in [3.05, 3.63) is 42.0 Å². The van der Waals surface area contributed by atoms with Crippen LogP contribution in [0.4, 0.5) is 0 Å². The van der Waals surface area contributed by atoms with Crippen molar-refractivity contribution in [2.45, 2.75) is 33.6 Å². The monoisotopic (exact) mass is 280 g/mol. The largest absolute Gasteiger partial charge is 0.0947 e. The van der Waals surface area contributed by atoms with Crippen LogP contribution in [-0.4, -0.2) is 5.33 Å². The van der Waals surface area contributed by atoms with Crippen molar-refractivity contribution in [3.8, 4) is 0 Å². The van der Waals surface area contributed by atoms with Crippen LogP contribution in [0.3, 0.4) is 0 Å². The summed E-state index contributed by atoms with van der Waals surface area (Å²) in [5, 5.41) is 1.07. The van der Waals surface area contributed by atoms with Crippen LogP contribution in [0, 0.1) is 12.3 Å². The molecular weight excluding hydrogens is 260 g/mol. The fourth-order valence-electron chi connectivity index (χ4n) is 1.81. The van der Waals surface area contributed by atoms with Gasteiger partial charge in [0.05, 0.1) is 0 Å². The molecule has 0 heterocycles. The fourth-order valence-corrected chi connectivity index (χ4v) is 2.09. The normalized spacial score (nSPS) is 11.5. The molecule has 0 amide bonds. The number of aryl methyl sites for hydroxylation is 1. The maximum absolute atomic E-state index is 4.26. The molecule has 0 aliphatic rings. The molecule has 16 heavy (non-hydrogen) atoms. The van der Waals surface area contributed by atoms with Gasteiger partial charge in [-0.2, -0.15) is 0 Å². The Morgan fingerprint density at radius 3 is 2.31 bits per heavy atom. The van der Waals surface area contributed by atoms with Crippen LogP contribution in [0.15, 0.2) is 30.8 Å². The van der Waals surface area contributed by atoms with E-state index in [1.807, 2.05) is 0 Å². The summed E-state index contributed by atoms with van der Waals surface area (Å²) in [6, 6.07) is 8.66. The summed E-state index contributed by atoms with van der Waals surface area (Å²) in [6.45, 7) is 10.9. The smallest absolute Gasteiger partial charge is 0.00316 e. The zero-order valence-electron chi connectivity index (χ0n) is 10.5. The minimum Gasteiger partial charge on any atom is -0.0947 e. The molecule has 0 saturated carbocycles. The average Bonchev–Trinajstić information content (AvgIpc) is 2.26. The second-order valence-electron chi connectivity index (χ2n) is 5.02. The van der Waals surface area contributed by atoms with Gasteiger partial charge in [0.2, 0.25) is 0 Å². The molecule has 0 unspecified atom stereocenters. The Balaban J connectivity index is 2.80. The predicted octanol–water partition coefficient (Wildman–Crippen LogP) is 5.21. The van der Waals surface area contributed by atoms with Crippen LogP contribution < -0.4 is 0 Å². The number of alkyl halides is 1. The lowest BCUT2D eigenvalue weighted by Crippen LogP contribution is -2.13. The lowest BCUT2D eigenvalue weighted by molar-refractivity contribution is 0.453. The molecule has 0 aromatic heterocycles. The van der Waals surface area contributed by atoms with Crippen molar-refractivity contribution in [3.63, 3.8) is 0 Å². The van der Waals surface area contributed by atoms with E-state index in [9.17, 15) is 0 Å². The standard InChI is InChI=1S/C15H21Br/c1-12-6-8-14(9-7-12)13(2)15(3,4)10-5-11-16/h6-9H,2,5,10-11H2,1,3-4H3. The van der Waals surface area contributed by atoms with E-state index in [2.05, 4.69) is 67.5 Å². The van der Waals surface area contributed by atoms with Gasteiger partial charge in [-0.05, 0) is 36.3 Å². The number of allylic oxidation sites excluding steroid dienone is 1. The molecule has 0 aliphatic carbocycles. The quantitative estimate of drug-likeness (QED) is 0.650.